The van der Waals surface area contributed by atoms with Gasteiger partial charge >= 0.3 is 0 Å². The number of piperazine rings is 1. The maximum absolute atomic E-state index is 11.6. The second kappa shape index (κ2) is 4.28. The van der Waals surface area contributed by atoms with Crippen molar-refractivity contribution in [3.05, 3.63) is 0 Å². The van der Waals surface area contributed by atoms with E-state index in [2.05, 4.69) is 24.1 Å². The van der Waals surface area contributed by atoms with Crippen molar-refractivity contribution in [2.75, 3.05) is 19.7 Å². The molecule has 0 aromatic rings. The van der Waals surface area contributed by atoms with Gasteiger partial charge in [0.1, 0.15) is 0 Å². The second-order valence-corrected chi connectivity index (χ2v) is 4.34. The van der Waals surface area contributed by atoms with Gasteiger partial charge in [-0.05, 0) is 26.8 Å². The van der Waals surface area contributed by atoms with Crippen molar-refractivity contribution in [3.8, 4) is 0 Å². The smallest absolute Gasteiger partial charge is 0.237 e. The van der Waals surface area contributed by atoms with Gasteiger partial charge in [-0.3, -0.25) is 9.69 Å². The Morgan fingerprint density at radius 1 is 1.64 bits per heavy atom. The summed E-state index contributed by atoms with van der Waals surface area (Å²) in [7, 11) is 0. The zero-order chi connectivity index (χ0) is 10.8. The molecule has 0 spiro atoms. The Labute approximate surface area is 85.3 Å². The molecule has 0 saturated carbocycles. The molecule has 1 aliphatic rings. The van der Waals surface area contributed by atoms with Crippen LogP contribution < -0.4 is 5.32 Å². The monoisotopic (exact) mass is 200 g/mol. The Morgan fingerprint density at radius 2 is 2.29 bits per heavy atom. The first kappa shape index (κ1) is 11.5. The normalized spacial score (nSPS) is 27.4. The third-order valence-corrected chi connectivity index (χ3v) is 2.89. The van der Waals surface area contributed by atoms with Crippen LogP contribution in [0.5, 0.6) is 0 Å². The Kier molecular flexibility index (Phi) is 3.50. The van der Waals surface area contributed by atoms with Crippen LogP contribution in [0.25, 0.3) is 0 Å². The first-order valence-corrected chi connectivity index (χ1v) is 5.18. The largest absolute Gasteiger partial charge is 0.396 e. The van der Waals surface area contributed by atoms with E-state index < -0.39 is 0 Å². The molecule has 1 atom stereocenters. The summed E-state index contributed by atoms with van der Waals surface area (Å²) in [5.74, 6) is 0.0419. The number of hydrogen-bond acceptors (Lipinski definition) is 3. The van der Waals surface area contributed by atoms with Crippen LogP contribution in [0.4, 0.5) is 0 Å². The molecule has 4 heteroatoms. The predicted molar refractivity (Wildman–Crippen MR) is 55.0 cm³/mol. The fraction of sp³-hybridized carbons (Fsp3) is 0.900. The summed E-state index contributed by atoms with van der Waals surface area (Å²) in [6, 6.07) is -0.172. The maximum Gasteiger partial charge on any atom is 0.237 e. The topological polar surface area (TPSA) is 52.6 Å². The van der Waals surface area contributed by atoms with Crippen molar-refractivity contribution in [2.45, 2.75) is 38.8 Å². The number of nitrogens with one attached hydrogen (secondary N) is 1. The van der Waals surface area contributed by atoms with Crippen molar-refractivity contribution < 1.29 is 9.90 Å². The lowest BCUT2D eigenvalue weighted by atomic mass is 9.94. The molecule has 1 rings (SSSR count). The summed E-state index contributed by atoms with van der Waals surface area (Å²) >= 11 is 0. The molecule has 0 aromatic carbocycles. The number of carbonyl (C=O) groups excluding carboxylic acids is 1. The van der Waals surface area contributed by atoms with Gasteiger partial charge in [0.05, 0.1) is 6.04 Å². The highest BCUT2D eigenvalue weighted by Gasteiger charge is 2.39. The highest BCUT2D eigenvalue weighted by molar-refractivity contribution is 5.82. The maximum atomic E-state index is 11.6. The van der Waals surface area contributed by atoms with Crippen LogP contribution in [0.2, 0.25) is 0 Å². The van der Waals surface area contributed by atoms with E-state index in [0.29, 0.717) is 13.0 Å². The average Bonchev–Trinajstić information content (AvgIpc) is 2.12. The molecule has 0 radical (unpaired) electrons. The number of aliphatic hydroxyl groups excluding tert-OH is 1. The molecule has 1 heterocycles. The molecule has 14 heavy (non-hydrogen) atoms. The summed E-state index contributed by atoms with van der Waals surface area (Å²) in [4.78, 5) is 13.7. The lowest BCUT2D eigenvalue weighted by molar-refractivity contribution is -0.134. The van der Waals surface area contributed by atoms with Crippen molar-refractivity contribution in [1.82, 2.24) is 10.2 Å². The second-order valence-electron chi connectivity index (χ2n) is 4.34. The van der Waals surface area contributed by atoms with Gasteiger partial charge in [0.25, 0.3) is 0 Å². The van der Waals surface area contributed by atoms with Gasteiger partial charge in [-0.15, -0.1) is 0 Å². The van der Waals surface area contributed by atoms with Crippen molar-refractivity contribution >= 4 is 5.91 Å². The van der Waals surface area contributed by atoms with Crippen LogP contribution in [0.3, 0.4) is 0 Å². The molecule has 0 aliphatic carbocycles. The van der Waals surface area contributed by atoms with E-state index in [1.807, 2.05) is 6.92 Å². The lowest BCUT2D eigenvalue weighted by Gasteiger charge is -2.46. The van der Waals surface area contributed by atoms with E-state index in [0.717, 1.165) is 6.54 Å². The van der Waals surface area contributed by atoms with Gasteiger partial charge in [-0.25, -0.2) is 0 Å². The minimum atomic E-state index is -0.172. The molecule has 1 unspecified atom stereocenters. The summed E-state index contributed by atoms with van der Waals surface area (Å²) in [6.07, 6.45) is 0.517. The third-order valence-electron chi connectivity index (χ3n) is 2.89. The van der Waals surface area contributed by atoms with Crippen LogP contribution in [-0.2, 0) is 4.79 Å². The van der Waals surface area contributed by atoms with Crippen molar-refractivity contribution in [3.63, 3.8) is 0 Å². The van der Waals surface area contributed by atoms with Crippen molar-refractivity contribution in [2.24, 2.45) is 0 Å². The van der Waals surface area contributed by atoms with Crippen molar-refractivity contribution in [1.29, 1.82) is 0 Å². The van der Waals surface area contributed by atoms with Crippen LogP contribution >= 0.6 is 0 Å². The zero-order valence-corrected chi connectivity index (χ0v) is 9.21. The van der Waals surface area contributed by atoms with E-state index in [4.69, 9.17) is 5.11 Å². The SMILES string of the molecule is CCN1C(CCO)C(=O)NCC1(C)C. The molecule has 2 N–H and O–H groups in total. The molecule has 1 saturated heterocycles. The molecule has 82 valence electrons. The van der Waals surface area contributed by atoms with E-state index in [1.165, 1.54) is 0 Å². The highest BCUT2D eigenvalue weighted by Crippen LogP contribution is 2.22. The standard InChI is InChI=1S/C10H20N2O2/c1-4-12-8(5-6-13)9(14)11-7-10(12,2)3/h8,13H,4-7H2,1-3H3,(H,11,14). The van der Waals surface area contributed by atoms with Gasteiger partial charge < -0.3 is 10.4 Å². The molecular weight excluding hydrogens is 180 g/mol. The summed E-state index contributed by atoms with van der Waals surface area (Å²) in [5.41, 5.74) is -0.0114. The van der Waals surface area contributed by atoms with Crippen LogP contribution in [0, 0.1) is 0 Å². The number of carbonyl (C=O) groups is 1. The fourth-order valence-electron chi connectivity index (χ4n) is 2.14. The number of rotatable bonds is 3. The molecule has 1 amide bonds. The predicted octanol–water partition coefficient (Wildman–Crippen LogP) is -0.0323. The molecule has 0 aromatic heterocycles. The van der Waals surface area contributed by atoms with E-state index in [-0.39, 0.29) is 24.1 Å². The summed E-state index contributed by atoms with van der Waals surface area (Å²) in [6.45, 7) is 7.85. The first-order chi connectivity index (χ1) is 6.53. The number of likely N-dealkylation sites (N-methyl/N-ethyl adjacent to an activating group) is 1. The van der Waals surface area contributed by atoms with Crippen LogP contribution in [0.15, 0.2) is 0 Å². The quantitative estimate of drug-likeness (QED) is 0.672. The average molecular weight is 200 g/mol. The van der Waals surface area contributed by atoms with Gasteiger partial charge in [0.2, 0.25) is 5.91 Å². The minimum Gasteiger partial charge on any atom is -0.396 e. The van der Waals surface area contributed by atoms with Gasteiger partial charge in [0.15, 0.2) is 0 Å². The Hall–Kier alpha value is -0.610. The minimum absolute atomic E-state index is 0.0114. The van der Waals surface area contributed by atoms with Crippen LogP contribution in [0.1, 0.15) is 27.2 Å². The summed E-state index contributed by atoms with van der Waals surface area (Å²) < 4.78 is 0. The number of amides is 1. The number of aliphatic hydroxyl groups is 1. The Balaban J connectivity index is 2.80. The van der Waals surface area contributed by atoms with Crippen LogP contribution in [-0.4, -0.2) is 47.2 Å². The third kappa shape index (κ3) is 2.07. The molecule has 1 aliphatic heterocycles. The van der Waals surface area contributed by atoms with E-state index in [1.54, 1.807) is 0 Å². The molecule has 0 bridgehead atoms. The van der Waals surface area contributed by atoms with E-state index >= 15 is 0 Å². The van der Waals surface area contributed by atoms with E-state index in [9.17, 15) is 4.79 Å². The first-order valence-electron chi connectivity index (χ1n) is 5.18. The lowest BCUT2D eigenvalue weighted by Crippen LogP contribution is -2.65. The summed E-state index contributed by atoms with van der Waals surface area (Å²) in [5, 5.41) is 11.8. The fourth-order valence-corrected chi connectivity index (χ4v) is 2.14. The number of hydrogen-bond donors (Lipinski definition) is 2. The van der Waals surface area contributed by atoms with Gasteiger partial charge in [-0.1, -0.05) is 6.92 Å². The highest BCUT2D eigenvalue weighted by atomic mass is 16.3. The Morgan fingerprint density at radius 3 is 2.79 bits per heavy atom. The van der Waals surface area contributed by atoms with Gasteiger partial charge in [-0.2, -0.15) is 0 Å². The number of nitrogens with zero attached hydrogens (tertiary/aromatic N) is 1. The molecular formula is C10H20N2O2. The zero-order valence-electron chi connectivity index (χ0n) is 9.21. The Bertz CT molecular complexity index is 216. The molecule has 4 nitrogen and oxygen atoms in total. The molecule has 1 fully saturated rings. The van der Waals surface area contributed by atoms with Gasteiger partial charge in [0, 0.05) is 18.7 Å².